The van der Waals surface area contributed by atoms with Gasteiger partial charge in [0.2, 0.25) is 5.91 Å². The lowest BCUT2D eigenvalue weighted by molar-refractivity contribution is -0.148. The van der Waals surface area contributed by atoms with Crippen molar-refractivity contribution in [2.45, 2.75) is 37.3 Å². The summed E-state index contributed by atoms with van der Waals surface area (Å²) in [5.41, 5.74) is 0.752. The lowest BCUT2D eigenvalue weighted by Gasteiger charge is -2.47. The fourth-order valence-corrected chi connectivity index (χ4v) is 3.25. The maximum absolute atomic E-state index is 11.7. The first-order valence-electron chi connectivity index (χ1n) is 6.39. The van der Waals surface area contributed by atoms with Crippen molar-refractivity contribution >= 4 is 17.5 Å². The van der Waals surface area contributed by atoms with Crippen LogP contribution in [0.5, 0.6) is 0 Å². The molecule has 1 aliphatic heterocycles. The highest BCUT2D eigenvalue weighted by Crippen LogP contribution is 2.41. The van der Waals surface area contributed by atoms with Gasteiger partial charge in [-0.2, -0.15) is 0 Å². The van der Waals surface area contributed by atoms with E-state index in [0.29, 0.717) is 5.02 Å². The number of morpholine rings is 1. The molecule has 4 heteroatoms. The molecule has 0 spiro atoms. The van der Waals surface area contributed by atoms with Crippen LogP contribution in [0.2, 0.25) is 5.02 Å². The molecule has 1 saturated carbocycles. The molecule has 2 aliphatic rings. The highest BCUT2D eigenvalue weighted by molar-refractivity contribution is 6.30. The minimum atomic E-state index is -0.349. The number of benzene rings is 1. The van der Waals surface area contributed by atoms with Crippen molar-refractivity contribution in [3.8, 4) is 0 Å². The molecule has 18 heavy (non-hydrogen) atoms. The molecule has 0 aromatic heterocycles. The zero-order valence-electron chi connectivity index (χ0n) is 10.1. The molecule has 1 aliphatic carbocycles. The SMILES string of the molecule is O=C1COC2CCCCC2(c2ccc(Cl)cc2)N1. The van der Waals surface area contributed by atoms with Crippen LogP contribution in [-0.4, -0.2) is 18.6 Å². The van der Waals surface area contributed by atoms with E-state index in [0.717, 1.165) is 31.2 Å². The molecule has 1 saturated heterocycles. The van der Waals surface area contributed by atoms with Crippen LogP contribution < -0.4 is 5.32 Å². The molecule has 0 radical (unpaired) electrons. The maximum atomic E-state index is 11.7. The number of carbonyl (C=O) groups is 1. The minimum absolute atomic E-state index is 0.0249. The van der Waals surface area contributed by atoms with Crippen molar-refractivity contribution < 1.29 is 9.53 Å². The number of carbonyl (C=O) groups excluding carboxylic acids is 1. The summed E-state index contributed by atoms with van der Waals surface area (Å²) in [7, 11) is 0. The number of hydrogen-bond donors (Lipinski definition) is 1. The molecule has 96 valence electrons. The van der Waals surface area contributed by atoms with Gasteiger partial charge in [-0.3, -0.25) is 4.79 Å². The normalized spacial score (nSPS) is 31.6. The zero-order valence-corrected chi connectivity index (χ0v) is 10.9. The molecule has 2 unspecified atom stereocenters. The first-order valence-corrected chi connectivity index (χ1v) is 6.77. The van der Waals surface area contributed by atoms with Gasteiger partial charge in [-0.05, 0) is 30.5 Å². The van der Waals surface area contributed by atoms with Crippen LogP contribution in [0.1, 0.15) is 31.2 Å². The number of fused-ring (bicyclic) bond motifs is 1. The van der Waals surface area contributed by atoms with Crippen LogP contribution in [-0.2, 0) is 15.1 Å². The highest BCUT2D eigenvalue weighted by atomic mass is 35.5. The van der Waals surface area contributed by atoms with Crippen LogP contribution in [0.25, 0.3) is 0 Å². The van der Waals surface area contributed by atoms with E-state index in [1.54, 1.807) is 0 Å². The van der Waals surface area contributed by atoms with Crippen molar-refractivity contribution in [1.82, 2.24) is 5.32 Å². The average Bonchev–Trinajstić information content (AvgIpc) is 2.39. The summed E-state index contributed by atoms with van der Waals surface area (Å²) in [6.45, 7) is 0.181. The highest BCUT2D eigenvalue weighted by Gasteiger charge is 2.46. The Labute approximate surface area is 111 Å². The predicted molar refractivity (Wildman–Crippen MR) is 69.5 cm³/mol. The van der Waals surface area contributed by atoms with Gasteiger partial charge in [0, 0.05) is 5.02 Å². The Bertz CT molecular complexity index is 459. The van der Waals surface area contributed by atoms with Gasteiger partial charge in [0.1, 0.15) is 6.61 Å². The molecular weight excluding hydrogens is 250 g/mol. The summed E-state index contributed by atoms with van der Waals surface area (Å²) in [5, 5.41) is 3.87. The molecule has 2 atom stereocenters. The van der Waals surface area contributed by atoms with Crippen LogP contribution in [0, 0.1) is 0 Å². The Balaban J connectivity index is 2.01. The molecular formula is C14H16ClNO2. The average molecular weight is 266 g/mol. The second kappa shape index (κ2) is 4.56. The number of amides is 1. The van der Waals surface area contributed by atoms with Crippen LogP contribution in [0.3, 0.4) is 0 Å². The standard InChI is InChI=1S/C14H16ClNO2/c15-11-6-4-10(5-7-11)14-8-2-1-3-12(14)18-9-13(17)16-14/h4-7,12H,1-3,8-9H2,(H,16,17). The summed E-state index contributed by atoms with van der Waals surface area (Å²) < 4.78 is 5.74. The van der Waals surface area contributed by atoms with Crippen LogP contribution >= 0.6 is 11.6 Å². The van der Waals surface area contributed by atoms with Crippen molar-refractivity contribution in [2.75, 3.05) is 6.61 Å². The van der Waals surface area contributed by atoms with E-state index in [1.807, 2.05) is 24.3 Å². The monoisotopic (exact) mass is 265 g/mol. The van der Waals surface area contributed by atoms with Gasteiger partial charge in [0.15, 0.2) is 0 Å². The summed E-state index contributed by atoms with van der Waals surface area (Å²) in [6.07, 6.45) is 4.30. The maximum Gasteiger partial charge on any atom is 0.246 e. The Hall–Kier alpha value is -1.06. The molecule has 1 amide bonds. The zero-order chi connectivity index (χ0) is 12.6. The Morgan fingerprint density at radius 3 is 2.83 bits per heavy atom. The number of ether oxygens (including phenoxy) is 1. The van der Waals surface area contributed by atoms with Gasteiger partial charge in [-0.15, -0.1) is 0 Å². The van der Waals surface area contributed by atoms with E-state index in [9.17, 15) is 4.79 Å². The fourth-order valence-electron chi connectivity index (χ4n) is 3.12. The molecule has 1 aromatic carbocycles. The van der Waals surface area contributed by atoms with E-state index < -0.39 is 0 Å². The van der Waals surface area contributed by atoms with Crippen LogP contribution in [0.4, 0.5) is 0 Å². The smallest absolute Gasteiger partial charge is 0.246 e. The molecule has 1 N–H and O–H groups in total. The Kier molecular flexibility index (Phi) is 3.04. The number of nitrogens with one attached hydrogen (secondary N) is 1. The third kappa shape index (κ3) is 1.91. The van der Waals surface area contributed by atoms with Gasteiger partial charge in [0.05, 0.1) is 11.6 Å². The quantitative estimate of drug-likeness (QED) is 0.848. The number of hydrogen-bond acceptors (Lipinski definition) is 2. The second-order valence-corrected chi connectivity index (χ2v) is 5.51. The van der Waals surface area contributed by atoms with Crippen molar-refractivity contribution in [1.29, 1.82) is 0 Å². The molecule has 3 rings (SSSR count). The Morgan fingerprint density at radius 2 is 2.06 bits per heavy atom. The van der Waals surface area contributed by atoms with Gasteiger partial charge in [0.25, 0.3) is 0 Å². The van der Waals surface area contributed by atoms with Gasteiger partial charge in [-0.1, -0.05) is 36.6 Å². The summed E-state index contributed by atoms with van der Waals surface area (Å²) >= 11 is 5.93. The van der Waals surface area contributed by atoms with E-state index >= 15 is 0 Å². The van der Waals surface area contributed by atoms with Crippen molar-refractivity contribution in [3.63, 3.8) is 0 Å². The van der Waals surface area contributed by atoms with E-state index in [4.69, 9.17) is 16.3 Å². The molecule has 3 nitrogen and oxygen atoms in total. The predicted octanol–water partition coefficient (Wildman–Crippen LogP) is 2.62. The van der Waals surface area contributed by atoms with Gasteiger partial charge < -0.3 is 10.1 Å². The fraction of sp³-hybridized carbons (Fsp3) is 0.500. The molecule has 1 aromatic rings. The topological polar surface area (TPSA) is 38.3 Å². The first-order chi connectivity index (χ1) is 8.71. The van der Waals surface area contributed by atoms with E-state index in [-0.39, 0.29) is 24.2 Å². The van der Waals surface area contributed by atoms with Crippen molar-refractivity contribution in [3.05, 3.63) is 34.9 Å². The minimum Gasteiger partial charge on any atom is -0.366 e. The number of rotatable bonds is 1. The molecule has 0 bridgehead atoms. The largest absolute Gasteiger partial charge is 0.366 e. The van der Waals surface area contributed by atoms with Crippen LogP contribution in [0.15, 0.2) is 24.3 Å². The van der Waals surface area contributed by atoms with Gasteiger partial charge >= 0.3 is 0 Å². The number of halogens is 1. The summed E-state index contributed by atoms with van der Waals surface area (Å²) in [4.78, 5) is 11.7. The third-order valence-electron chi connectivity index (χ3n) is 3.97. The lowest BCUT2D eigenvalue weighted by Crippen LogP contribution is -2.61. The summed E-state index contributed by atoms with van der Waals surface area (Å²) in [5.74, 6) is -0.0249. The molecule has 1 heterocycles. The lowest BCUT2D eigenvalue weighted by atomic mass is 9.73. The molecule has 2 fully saturated rings. The van der Waals surface area contributed by atoms with E-state index in [2.05, 4.69) is 5.32 Å². The second-order valence-electron chi connectivity index (χ2n) is 5.07. The van der Waals surface area contributed by atoms with E-state index in [1.165, 1.54) is 0 Å². The van der Waals surface area contributed by atoms with Gasteiger partial charge in [-0.25, -0.2) is 0 Å². The first kappa shape index (κ1) is 12.0. The Morgan fingerprint density at radius 1 is 1.28 bits per heavy atom. The third-order valence-corrected chi connectivity index (χ3v) is 4.23. The summed E-state index contributed by atoms with van der Waals surface area (Å²) in [6, 6.07) is 7.74. The van der Waals surface area contributed by atoms with Crippen molar-refractivity contribution in [2.24, 2.45) is 0 Å².